The van der Waals surface area contributed by atoms with Crippen LogP contribution in [0.1, 0.15) is 41.0 Å². The Kier molecular flexibility index (Phi) is 7.63. The highest BCUT2D eigenvalue weighted by Crippen LogP contribution is 2.40. The van der Waals surface area contributed by atoms with E-state index >= 15 is 0 Å². The van der Waals surface area contributed by atoms with E-state index in [9.17, 15) is 28.0 Å². The Hall–Kier alpha value is -3.28. The number of rotatable bonds is 7. The lowest BCUT2D eigenvalue weighted by atomic mass is 9.68. The number of hydrogen-bond acceptors (Lipinski definition) is 7. The van der Waals surface area contributed by atoms with Crippen LogP contribution in [0.3, 0.4) is 0 Å². The first kappa shape index (κ1) is 28.7. The molecule has 39 heavy (non-hydrogen) atoms. The molecule has 0 bridgehead atoms. The van der Waals surface area contributed by atoms with Crippen LogP contribution >= 0.6 is 0 Å². The molecular formula is C27H37F2N5O5. The van der Waals surface area contributed by atoms with E-state index in [1.165, 1.54) is 11.0 Å². The van der Waals surface area contributed by atoms with Crippen LogP contribution in [0.2, 0.25) is 0 Å². The van der Waals surface area contributed by atoms with Crippen molar-refractivity contribution in [1.82, 2.24) is 20.4 Å². The van der Waals surface area contributed by atoms with E-state index in [4.69, 9.17) is 4.74 Å². The average molecular weight is 550 g/mol. The number of carbonyl (C=O) groups excluding carboxylic acids is 4. The number of likely N-dealkylation sites (tertiary alicyclic amines) is 1. The lowest BCUT2D eigenvalue weighted by molar-refractivity contribution is -0.132. The molecule has 3 saturated heterocycles. The number of ether oxygens (including phenoxy) is 1. The van der Waals surface area contributed by atoms with Gasteiger partial charge in [0.25, 0.3) is 5.91 Å². The van der Waals surface area contributed by atoms with Crippen molar-refractivity contribution < 1.29 is 32.7 Å². The first-order valence-corrected chi connectivity index (χ1v) is 13.2. The van der Waals surface area contributed by atoms with Gasteiger partial charge in [0.1, 0.15) is 17.4 Å². The van der Waals surface area contributed by atoms with Gasteiger partial charge in [-0.25, -0.2) is 18.4 Å². The first-order chi connectivity index (χ1) is 18.1. The largest absolute Gasteiger partial charge is 0.444 e. The Balaban J connectivity index is 1.44. The zero-order chi connectivity index (χ0) is 28.8. The summed E-state index contributed by atoms with van der Waals surface area (Å²) in [7, 11) is 0. The quantitative estimate of drug-likeness (QED) is 0.397. The summed E-state index contributed by atoms with van der Waals surface area (Å²) in [5, 5.41) is 5.08. The molecule has 3 aliphatic rings. The minimum absolute atomic E-state index is 0.0445. The molecule has 0 saturated carbocycles. The summed E-state index contributed by atoms with van der Waals surface area (Å²) in [4.78, 5) is 55.9. The third kappa shape index (κ3) is 6.00. The van der Waals surface area contributed by atoms with Crippen molar-refractivity contribution in [2.75, 3.05) is 44.2 Å². The van der Waals surface area contributed by atoms with Gasteiger partial charge in [0, 0.05) is 68.4 Å². The molecule has 0 spiro atoms. The second-order valence-corrected chi connectivity index (χ2v) is 12.3. The Bertz CT molecular complexity index is 1150. The topological polar surface area (TPSA) is 111 Å². The van der Waals surface area contributed by atoms with Crippen LogP contribution in [0.4, 0.5) is 24.1 Å². The van der Waals surface area contributed by atoms with E-state index in [1.807, 2.05) is 11.8 Å². The molecule has 214 valence electrons. The fourth-order valence-corrected chi connectivity index (χ4v) is 5.83. The molecule has 3 aliphatic heterocycles. The number of imide groups is 1. The number of nitrogens with zero attached hydrogens (tertiary/aromatic N) is 3. The van der Waals surface area contributed by atoms with Gasteiger partial charge in [-0.05, 0) is 46.2 Å². The number of carbonyl (C=O) groups is 4. The van der Waals surface area contributed by atoms with Crippen LogP contribution < -0.4 is 15.5 Å². The monoisotopic (exact) mass is 549 g/mol. The molecule has 0 aliphatic carbocycles. The molecule has 1 unspecified atom stereocenters. The predicted molar refractivity (Wildman–Crippen MR) is 139 cm³/mol. The predicted octanol–water partition coefficient (Wildman–Crippen LogP) is 2.52. The van der Waals surface area contributed by atoms with Crippen LogP contribution in [0.25, 0.3) is 0 Å². The number of urea groups is 1. The van der Waals surface area contributed by atoms with Crippen molar-refractivity contribution in [3.63, 3.8) is 0 Å². The normalized spacial score (nSPS) is 26.0. The number of halogens is 2. The van der Waals surface area contributed by atoms with Gasteiger partial charge in [-0.2, -0.15) is 0 Å². The second-order valence-electron chi connectivity index (χ2n) is 12.3. The summed E-state index contributed by atoms with van der Waals surface area (Å²) in [6, 6.07) is 3.17. The number of amides is 4. The molecule has 10 nitrogen and oxygen atoms in total. The smallest absolute Gasteiger partial charge is 0.410 e. The molecule has 1 aromatic carbocycles. The fraction of sp³-hybridized carbons (Fsp3) is 0.630. The number of hydrogen-bond donors (Lipinski definition) is 2. The van der Waals surface area contributed by atoms with Crippen molar-refractivity contribution in [2.24, 2.45) is 11.3 Å². The van der Waals surface area contributed by atoms with Gasteiger partial charge in [0.2, 0.25) is 0 Å². The fourth-order valence-electron chi connectivity index (χ4n) is 5.83. The molecule has 3 heterocycles. The van der Waals surface area contributed by atoms with Crippen molar-refractivity contribution >= 4 is 30.0 Å². The molecule has 3 fully saturated rings. The Morgan fingerprint density at radius 1 is 1.13 bits per heavy atom. The number of piperazine rings is 1. The maximum absolute atomic E-state index is 13.8. The van der Waals surface area contributed by atoms with Gasteiger partial charge in [0.05, 0.1) is 0 Å². The highest BCUT2D eigenvalue weighted by Gasteiger charge is 2.59. The van der Waals surface area contributed by atoms with Crippen LogP contribution in [-0.2, 0) is 14.3 Å². The van der Waals surface area contributed by atoms with Gasteiger partial charge in [-0.15, -0.1) is 0 Å². The summed E-state index contributed by atoms with van der Waals surface area (Å²) in [5.41, 5.74) is -2.42. The van der Waals surface area contributed by atoms with E-state index < -0.39 is 46.2 Å². The molecule has 0 radical (unpaired) electrons. The van der Waals surface area contributed by atoms with Crippen LogP contribution in [0.5, 0.6) is 0 Å². The molecule has 0 aromatic heterocycles. The number of benzene rings is 1. The third-order valence-corrected chi connectivity index (χ3v) is 7.70. The molecule has 4 amide bonds. The number of nitrogens with one attached hydrogen (secondary N) is 2. The lowest BCUT2D eigenvalue weighted by Gasteiger charge is -2.50. The van der Waals surface area contributed by atoms with E-state index in [0.717, 1.165) is 12.4 Å². The minimum Gasteiger partial charge on any atom is -0.444 e. The Morgan fingerprint density at radius 3 is 2.36 bits per heavy atom. The number of anilines is 1. The molecule has 1 aromatic rings. The van der Waals surface area contributed by atoms with Crippen LogP contribution in [0.15, 0.2) is 18.2 Å². The Morgan fingerprint density at radius 2 is 1.82 bits per heavy atom. The highest BCUT2D eigenvalue weighted by molar-refractivity contribution is 6.07. The average Bonchev–Trinajstić information content (AvgIpc) is 3.06. The maximum Gasteiger partial charge on any atom is 0.410 e. The van der Waals surface area contributed by atoms with Gasteiger partial charge >= 0.3 is 12.1 Å². The van der Waals surface area contributed by atoms with Gasteiger partial charge < -0.3 is 24.6 Å². The van der Waals surface area contributed by atoms with Crippen molar-refractivity contribution in [1.29, 1.82) is 0 Å². The molecule has 2 N–H and O–H groups in total. The zero-order valence-corrected chi connectivity index (χ0v) is 23.1. The molecule has 12 heteroatoms. The lowest BCUT2D eigenvalue weighted by Crippen LogP contribution is -2.68. The summed E-state index contributed by atoms with van der Waals surface area (Å²) in [6.45, 7) is 11.4. The standard InChI is InChI=1S/C27H37F2N5O5/c1-17-11-32(8-9-34(17)19-6-7-20(28)21(29)10-19)15-26(5,16-35)14-27(22(36)30-23(37)31-27)18-12-33(13-18)24(38)39-25(2,3)4/h6-7,10,16-18H,8-9,11-15H2,1-5H3,(H2,30,31,36,37)/t17-,26?,27-/m0/s1. The third-order valence-electron chi connectivity index (χ3n) is 7.70. The summed E-state index contributed by atoms with van der Waals surface area (Å²) in [6.07, 6.45) is 0.388. The van der Waals surface area contributed by atoms with Crippen molar-refractivity contribution in [3.8, 4) is 0 Å². The highest BCUT2D eigenvalue weighted by atomic mass is 19.2. The van der Waals surface area contributed by atoms with E-state index in [-0.39, 0.29) is 31.5 Å². The second kappa shape index (κ2) is 10.4. The summed E-state index contributed by atoms with van der Waals surface area (Å²) >= 11 is 0. The molecule has 3 atom stereocenters. The summed E-state index contributed by atoms with van der Waals surface area (Å²) < 4.78 is 32.6. The van der Waals surface area contributed by atoms with E-state index in [2.05, 4.69) is 15.5 Å². The van der Waals surface area contributed by atoms with Crippen LogP contribution in [0, 0.1) is 23.0 Å². The number of aldehydes is 1. The maximum atomic E-state index is 13.8. The Labute approximate surface area is 227 Å². The van der Waals surface area contributed by atoms with Crippen LogP contribution in [-0.4, -0.2) is 90.6 Å². The van der Waals surface area contributed by atoms with Gasteiger partial charge in [0.15, 0.2) is 11.6 Å². The molecular weight excluding hydrogens is 512 g/mol. The van der Waals surface area contributed by atoms with Crippen molar-refractivity contribution in [3.05, 3.63) is 29.8 Å². The zero-order valence-electron chi connectivity index (χ0n) is 23.1. The van der Waals surface area contributed by atoms with Crippen molar-refractivity contribution in [2.45, 2.75) is 58.2 Å². The van der Waals surface area contributed by atoms with Gasteiger partial charge in [-0.1, -0.05) is 6.92 Å². The van der Waals surface area contributed by atoms with Gasteiger partial charge in [-0.3, -0.25) is 15.0 Å². The SMILES string of the molecule is C[C@H]1CN(CC(C)(C=O)C[C@@]2(C3CN(C(=O)OC(C)(C)C)C3)NC(=O)NC2=O)CCN1c1ccc(F)c(F)c1. The molecule has 4 rings (SSSR count). The first-order valence-electron chi connectivity index (χ1n) is 13.2. The summed E-state index contributed by atoms with van der Waals surface area (Å²) in [5.74, 6) is -2.70. The van der Waals surface area contributed by atoms with E-state index in [0.29, 0.717) is 31.9 Å². The minimum atomic E-state index is -1.34. The van der Waals surface area contributed by atoms with E-state index in [1.54, 1.807) is 33.8 Å².